The highest BCUT2D eigenvalue weighted by Gasteiger charge is 2.19. The lowest BCUT2D eigenvalue weighted by molar-refractivity contribution is 0.0775. The fourth-order valence-corrected chi connectivity index (χ4v) is 3.38. The number of benzene rings is 2. The van der Waals surface area contributed by atoms with E-state index < -0.39 is 0 Å². The second kappa shape index (κ2) is 8.55. The summed E-state index contributed by atoms with van der Waals surface area (Å²) in [4.78, 5) is 19.7. The number of ether oxygens (including phenoxy) is 1. The van der Waals surface area contributed by atoms with Crippen molar-refractivity contribution in [2.24, 2.45) is 7.05 Å². The van der Waals surface area contributed by atoms with Crippen molar-refractivity contribution in [3.63, 3.8) is 0 Å². The molecular weight excluding hydrogens is 395 g/mol. The maximum atomic E-state index is 13.3. The Bertz CT molecular complexity index is 1230. The SMILES string of the molecule is Cc1c(-c2cc(C(=O)N(C)CCOc3ccc(F)cc3)c3ccccc3n2)cnn1C. The van der Waals surface area contributed by atoms with Crippen LogP contribution in [0.1, 0.15) is 16.1 Å². The van der Waals surface area contributed by atoms with Gasteiger partial charge in [0.2, 0.25) is 0 Å². The lowest BCUT2D eigenvalue weighted by Gasteiger charge is -2.19. The Morgan fingerprint density at radius 3 is 2.61 bits per heavy atom. The van der Waals surface area contributed by atoms with Gasteiger partial charge in [0.15, 0.2) is 0 Å². The fourth-order valence-electron chi connectivity index (χ4n) is 3.38. The molecule has 0 unspecified atom stereocenters. The first-order chi connectivity index (χ1) is 14.9. The monoisotopic (exact) mass is 418 g/mol. The number of likely N-dealkylation sites (N-methyl/N-ethyl adjacent to an activating group) is 1. The standard InChI is InChI=1S/C24H23FN4O2/c1-16-21(15-26-29(16)3)23-14-20(19-6-4-5-7-22(19)27-23)24(30)28(2)12-13-31-18-10-8-17(25)9-11-18/h4-11,14-15H,12-13H2,1-3H3. The molecule has 0 aliphatic carbocycles. The van der Waals surface area contributed by atoms with Crippen LogP contribution in [0.3, 0.4) is 0 Å². The van der Waals surface area contributed by atoms with Gasteiger partial charge in [0.1, 0.15) is 18.2 Å². The Hall–Kier alpha value is -3.74. The second-order valence-corrected chi connectivity index (χ2v) is 7.37. The van der Waals surface area contributed by atoms with E-state index >= 15 is 0 Å². The van der Waals surface area contributed by atoms with Crippen molar-refractivity contribution in [3.8, 4) is 17.0 Å². The average Bonchev–Trinajstić information content (AvgIpc) is 3.12. The van der Waals surface area contributed by atoms with Crippen LogP contribution in [0.2, 0.25) is 0 Å². The number of fused-ring (bicyclic) bond motifs is 1. The molecule has 0 spiro atoms. The summed E-state index contributed by atoms with van der Waals surface area (Å²) in [6.07, 6.45) is 1.76. The van der Waals surface area contributed by atoms with Crippen LogP contribution in [0.15, 0.2) is 60.8 Å². The molecule has 158 valence electrons. The zero-order chi connectivity index (χ0) is 22.0. The third-order valence-corrected chi connectivity index (χ3v) is 5.31. The first-order valence-corrected chi connectivity index (χ1v) is 9.96. The molecule has 2 aromatic carbocycles. The third-order valence-electron chi connectivity index (χ3n) is 5.31. The molecule has 4 rings (SSSR count). The van der Waals surface area contributed by atoms with E-state index in [1.807, 2.05) is 44.3 Å². The fraction of sp³-hybridized carbons (Fsp3) is 0.208. The first kappa shape index (κ1) is 20.5. The summed E-state index contributed by atoms with van der Waals surface area (Å²) in [6.45, 7) is 2.65. The number of halogens is 1. The van der Waals surface area contributed by atoms with Crippen molar-refractivity contribution < 1.29 is 13.9 Å². The van der Waals surface area contributed by atoms with E-state index in [1.165, 1.54) is 12.1 Å². The van der Waals surface area contributed by atoms with E-state index in [2.05, 4.69) is 5.10 Å². The van der Waals surface area contributed by atoms with Crippen LogP contribution in [0.5, 0.6) is 5.75 Å². The maximum Gasteiger partial charge on any atom is 0.254 e. The van der Waals surface area contributed by atoms with Crippen LogP contribution < -0.4 is 4.74 Å². The number of para-hydroxylation sites is 1. The number of rotatable bonds is 6. The lowest BCUT2D eigenvalue weighted by atomic mass is 10.0. The summed E-state index contributed by atoms with van der Waals surface area (Å²) in [7, 11) is 3.61. The van der Waals surface area contributed by atoms with Gasteiger partial charge in [-0.15, -0.1) is 0 Å². The van der Waals surface area contributed by atoms with Crippen molar-refractivity contribution in [2.75, 3.05) is 20.2 Å². The molecule has 2 heterocycles. The summed E-state index contributed by atoms with van der Waals surface area (Å²) in [5.74, 6) is 0.124. The summed E-state index contributed by atoms with van der Waals surface area (Å²) in [5.41, 5.74) is 3.91. The van der Waals surface area contributed by atoms with Gasteiger partial charge in [0.25, 0.3) is 5.91 Å². The Morgan fingerprint density at radius 1 is 1.16 bits per heavy atom. The van der Waals surface area contributed by atoms with Crippen molar-refractivity contribution in [3.05, 3.63) is 77.9 Å². The number of nitrogens with zero attached hydrogens (tertiary/aromatic N) is 4. The van der Waals surface area contributed by atoms with Gasteiger partial charge in [-0.25, -0.2) is 9.37 Å². The van der Waals surface area contributed by atoms with E-state index in [-0.39, 0.29) is 11.7 Å². The van der Waals surface area contributed by atoms with Gasteiger partial charge in [0.05, 0.1) is 29.5 Å². The number of hydrogen-bond acceptors (Lipinski definition) is 4. The highest BCUT2D eigenvalue weighted by molar-refractivity contribution is 6.07. The van der Waals surface area contributed by atoms with Crippen LogP contribution in [-0.2, 0) is 7.05 Å². The van der Waals surface area contributed by atoms with Crippen LogP contribution in [0.4, 0.5) is 4.39 Å². The minimum atomic E-state index is -0.316. The molecule has 0 bridgehead atoms. The number of carbonyl (C=O) groups is 1. The summed E-state index contributed by atoms with van der Waals surface area (Å²) >= 11 is 0. The number of amides is 1. The second-order valence-electron chi connectivity index (χ2n) is 7.37. The molecule has 6 nitrogen and oxygen atoms in total. The predicted octanol–water partition coefficient (Wildman–Crippen LogP) is 4.23. The third kappa shape index (κ3) is 4.26. The van der Waals surface area contributed by atoms with Crippen LogP contribution in [0.25, 0.3) is 22.2 Å². The molecule has 1 amide bonds. The Kier molecular flexibility index (Phi) is 5.66. The van der Waals surface area contributed by atoms with E-state index in [4.69, 9.17) is 9.72 Å². The minimum absolute atomic E-state index is 0.121. The summed E-state index contributed by atoms with van der Waals surface area (Å²) in [5, 5.41) is 5.09. The molecule has 0 N–H and O–H groups in total. The highest BCUT2D eigenvalue weighted by Crippen LogP contribution is 2.27. The van der Waals surface area contributed by atoms with Gasteiger partial charge in [-0.3, -0.25) is 9.48 Å². The quantitative estimate of drug-likeness (QED) is 0.470. The lowest BCUT2D eigenvalue weighted by Crippen LogP contribution is -2.31. The van der Waals surface area contributed by atoms with Gasteiger partial charge in [-0.2, -0.15) is 5.10 Å². The Balaban J connectivity index is 1.58. The van der Waals surface area contributed by atoms with Gasteiger partial charge in [0, 0.05) is 30.7 Å². The van der Waals surface area contributed by atoms with Crippen molar-refractivity contribution in [1.82, 2.24) is 19.7 Å². The van der Waals surface area contributed by atoms with Crippen molar-refractivity contribution in [2.45, 2.75) is 6.92 Å². The van der Waals surface area contributed by atoms with E-state index in [1.54, 1.807) is 35.0 Å². The molecule has 0 radical (unpaired) electrons. The molecule has 0 fully saturated rings. The minimum Gasteiger partial charge on any atom is -0.492 e. The normalized spacial score (nSPS) is 11.0. The van der Waals surface area contributed by atoms with E-state index in [9.17, 15) is 9.18 Å². The highest BCUT2D eigenvalue weighted by atomic mass is 19.1. The predicted molar refractivity (Wildman–Crippen MR) is 118 cm³/mol. The zero-order valence-corrected chi connectivity index (χ0v) is 17.7. The largest absolute Gasteiger partial charge is 0.492 e. The molecule has 0 aliphatic rings. The molecule has 4 aromatic rings. The van der Waals surface area contributed by atoms with Gasteiger partial charge in [-0.05, 0) is 43.3 Å². The van der Waals surface area contributed by atoms with Crippen LogP contribution >= 0.6 is 0 Å². The number of pyridine rings is 1. The van der Waals surface area contributed by atoms with E-state index in [0.29, 0.717) is 30.2 Å². The average molecular weight is 418 g/mol. The van der Waals surface area contributed by atoms with Crippen molar-refractivity contribution in [1.29, 1.82) is 0 Å². The molecule has 0 atom stereocenters. The zero-order valence-electron chi connectivity index (χ0n) is 17.7. The number of hydrogen-bond donors (Lipinski definition) is 0. The molecular formula is C24H23FN4O2. The van der Waals surface area contributed by atoms with Crippen LogP contribution in [-0.4, -0.2) is 45.8 Å². The molecule has 0 saturated heterocycles. The van der Waals surface area contributed by atoms with Gasteiger partial charge >= 0.3 is 0 Å². The Morgan fingerprint density at radius 2 is 1.90 bits per heavy atom. The smallest absolute Gasteiger partial charge is 0.254 e. The topological polar surface area (TPSA) is 60.3 Å². The molecule has 0 saturated carbocycles. The molecule has 0 aliphatic heterocycles. The molecule has 31 heavy (non-hydrogen) atoms. The first-order valence-electron chi connectivity index (χ1n) is 9.96. The number of aryl methyl sites for hydroxylation is 1. The number of carbonyl (C=O) groups excluding carboxylic acids is 1. The van der Waals surface area contributed by atoms with Crippen LogP contribution in [0, 0.1) is 12.7 Å². The molecule has 7 heteroatoms. The van der Waals surface area contributed by atoms with E-state index in [0.717, 1.165) is 22.2 Å². The van der Waals surface area contributed by atoms with Gasteiger partial charge in [-0.1, -0.05) is 18.2 Å². The van der Waals surface area contributed by atoms with Gasteiger partial charge < -0.3 is 9.64 Å². The van der Waals surface area contributed by atoms with Crippen molar-refractivity contribution >= 4 is 16.8 Å². The summed E-state index contributed by atoms with van der Waals surface area (Å²) < 4.78 is 20.4. The molecule has 2 aromatic heterocycles. The maximum absolute atomic E-state index is 13.3. The Labute approximate surface area is 179 Å². The summed E-state index contributed by atoms with van der Waals surface area (Å²) in [6, 6.07) is 15.2. The number of aromatic nitrogens is 3.